The number of ether oxygens (including phenoxy) is 1. The average Bonchev–Trinajstić information content (AvgIpc) is 3.70. The van der Waals surface area contributed by atoms with Crippen LogP contribution in [0.25, 0.3) is 10.8 Å². The van der Waals surface area contributed by atoms with Gasteiger partial charge < -0.3 is 25.3 Å². The number of terminal acetylenes is 1. The monoisotopic (exact) mass is 920 g/mol. The zero-order valence-corrected chi connectivity index (χ0v) is 36.7. The van der Waals surface area contributed by atoms with Gasteiger partial charge in [-0.15, -0.1) is 17.8 Å². The summed E-state index contributed by atoms with van der Waals surface area (Å²) in [6.07, 6.45) is 10.3. The lowest BCUT2D eigenvalue weighted by Crippen LogP contribution is -2.53. The van der Waals surface area contributed by atoms with Crippen LogP contribution in [0.1, 0.15) is 46.9 Å². The maximum atomic E-state index is 12.8. The van der Waals surface area contributed by atoms with Gasteiger partial charge in [-0.2, -0.15) is 0 Å². The maximum absolute atomic E-state index is 12.8. The Morgan fingerprint density at radius 1 is 0.894 bits per heavy atom. The van der Waals surface area contributed by atoms with Crippen LogP contribution in [-0.4, -0.2) is 45.0 Å². The minimum Gasteiger partial charge on any atom is -0.488 e. The van der Waals surface area contributed by atoms with Crippen molar-refractivity contribution >= 4 is 46.7 Å². The molecule has 0 spiro atoms. The fourth-order valence-corrected chi connectivity index (χ4v) is 5.89. The third kappa shape index (κ3) is 20.6. The second-order valence-corrected chi connectivity index (χ2v) is 13.2. The van der Waals surface area contributed by atoms with Crippen molar-refractivity contribution in [3.8, 4) is 148 Å². The number of benzene rings is 1. The van der Waals surface area contributed by atoms with E-state index in [2.05, 4.69) is 202 Å². The van der Waals surface area contributed by atoms with E-state index in [0.717, 1.165) is 52.2 Å². The molecule has 0 bridgehead atoms. The van der Waals surface area contributed by atoms with Crippen molar-refractivity contribution in [3.63, 3.8) is 0 Å². The number of nitrogens with zero attached hydrogens (tertiary/aromatic N) is 7. The van der Waals surface area contributed by atoms with E-state index >= 15 is 0 Å². The molecular weight excluding hydrogens is 869 g/mol. The number of amides is 1. The Balaban J connectivity index is -0.000000163. The number of aromatic nitrogens is 2. The van der Waals surface area contributed by atoms with Crippen molar-refractivity contribution in [1.29, 1.82) is 0 Å². The first-order valence-corrected chi connectivity index (χ1v) is 19.7. The molecule has 1 aliphatic heterocycles. The third-order valence-corrected chi connectivity index (χ3v) is 8.84. The highest BCUT2D eigenvalue weighted by molar-refractivity contribution is 7.74. The smallest absolute Gasteiger partial charge is 0.261 e. The molecule has 3 aromatic heterocycles. The number of nitrogens with one attached hydrogen (secondary N) is 1. The first-order valence-electron chi connectivity index (χ1n) is 18.5. The molecule has 1 saturated heterocycles. The van der Waals surface area contributed by atoms with E-state index in [1.807, 2.05) is 42.5 Å². The number of thiophene rings is 1. The molecule has 1 amide bonds. The molecule has 5 rings (SSSR count). The van der Waals surface area contributed by atoms with E-state index in [4.69, 9.17) is 16.9 Å². The molecule has 1 aliphatic rings. The second-order valence-electron chi connectivity index (χ2n) is 11.9. The summed E-state index contributed by atoms with van der Waals surface area (Å²) in [5.41, 5.74) is 8.09. The molecule has 0 unspecified atom stereocenters. The van der Waals surface area contributed by atoms with Crippen molar-refractivity contribution in [2.24, 2.45) is 21.5 Å². The maximum Gasteiger partial charge on any atom is 0.261 e. The number of nitrogen functional groups attached to an aromatic ring is 1. The first kappa shape index (κ1) is 50.5. The number of likely N-dealkylation sites (tertiary alicyclic amines) is 1. The molecule has 14 nitrogen and oxygen atoms in total. The first-order chi connectivity index (χ1) is 32.3. The number of nitrogens with two attached hydrogens (primary N) is 2. The highest BCUT2D eigenvalue weighted by atomic mass is 32.1. The number of hydrogen-bond acceptors (Lipinski definition) is 11. The Labute approximate surface area is 407 Å². The molecule has 0 radical (unpaired) electrons. The molecule has 338 valence electrons. The number of rotatable bonds is 9. The Bertz CT molecular complexity index is 3270. The lowest BCUT2D eigenvalue weighted by Gasteiger charge is -2.38. The number of thiol groups is 1. The van der Waals surface area contributed by atoms with E-state index in [-0.39, 0.29) is 31.3 Å². The Kier molecular flexibility index (Phi) is 23.8. The molecule has 16 heteroatoms. The number of anilines is 1. The van der Waals surface area contributed by atoms with Crippen molar-refractivity contribution in [2.75, 3.05) is 18.8 Å². The highest BCUT2D eigenvalue weighted by Gasteiger charge is 2.29. The van der Waals surface area contributed by atoms with Gasteiger partial charge in [0.2, 0.25) is 10.4 Å². The van der Waals surface area contributed by atoms with E-state index < -0.39 is 0 Å². The van der Waals surface area contributed by atoms with Crippen molar-refractivity contribution in [2.45, 2.75) is 33.0 Å². The van der Waals surface area contributed by atoms with Crippen LogP contribution >= 0.6 is 24.2 Å². The summed E-state index contributed by atoms with van der Waals surface area (Å²) in [7, 11) is 0. The predicted octanol–water partition coefficient (Wildman–Crippen LogP) is 6.88. The van der Waals surface area contributed by atoms with Gasteiger partial charge >= 0.3 is 0 Å². The summed E-state index contributed by atoms with van der Waals surface area (Å²) in [5, 5.41) is 22.5. The van der Waals surface area contributed by atoms with Crippen molar-refractivity contribution in [1.82, 2.24) is 20.2 Å². The standard InChI is InChI=1S/C25H25N5O2S.C25H4.H3N5O2S.10H2/c1-16-10-22(25(31)29-12-17-2-3-21-18(11-17)4-9-28-24(21)26)33-23(16)15-30-13-20(14-30)32-19-5-7-27-8-6-19;1-3-5-7-9-11-13-15-17-19-21-23-25-24-22-20-18-16-14-12-10-8-6-4-2;1-2-3-4-5(6)7-8;;;;;;;;;;/h2-11,20H,12-15H2,1H3,(H2,26,28)(H,29,31);1H,2H3;8H,(H2,1,3);10*1H. The van der Waals surface area contributed by atoms with Crippen LogP contribution < -0.4 is 21.6 Å². The minimum absolute atomic E-state index is 0. The summed E-state index contributed by atoms with van der Waals surface area (Å²) >= 11 is 4.63. The fourth-order valence-electron chi connectivity index (χ4n) is 4.72. The number of fused-ring (bicyclic) bond motifs is 1. The summed E-state index contributed by atoms with van der Waals surface area (Å²) in [6.45, 7) is 6.81. The number of aryl methyl sites for hydroxylation is 1. The zero-order valence-electron chi connectivity index (χ0n) is 35.0. The van der Waals surface area contributed by atoms with Crippen LogP contribution in [0.2, 0.25) is 0 Å². The van der Waals surface area contributed by atoms with Gasteiger partial charge in [0.25, 0.3) is 5.91 Å². The summed E-state index contributed by atoms with van der Waals surface area (Å²) in [5.74, 6) is 62.7. The van der Waals surface area contributed by atoms with E-state index in [9.17, 15) is 10.0 Å². The highest BCUT2D eigenvalue weighted by Crippen LogP contribution is 2.27. The van der Waals surface area contributed by atoms with Crippen LogP contribution in [-0.2, 0) is 17.4 Å². The number of pyridine rings is 2. The normalized spacial score (nSPS) is 10.1. The third-order valence-electron chi connectivity index (χ3n) is 7.48. The van der Waals surface area contributed by atoms with Crippen LogP contribution in [0.15, 0.2) is 76.7 Å². The van der Waals surface area contributed by atoms with Gasteiger partial charge in [0.1, 0.15) is 17.7 Å². The molecule has 66 heavy (non-hydrogen) atoms. The van der Waals surface area contributed by atoms with Gasteiger partial charge in [-0.1, -0.05) is 31.0 Å². The average molecular weight is 921 g/mol. The zero-order chi connectivity index (χ0) is 47.5. The quantitative estimate of drug-likeness (QED) is 0.0346. The van der Waals surface area contributed by atoms with Crippen LogP contribution in [0, 0.1) is 155 Å². The molecule has 0 atom stereocenters. The van der Waals surface area contributed by atoms with Gasteiger partial charge in [0.05, 0.1) is 15.1 Å². The molecular formula is C50H52N10O4S2. The summed E-state index contributed by atoms with van der Waals surface area (Å²) < 4.78 is 9.59. The molecule has 1 aromatic carbocycles. The van der Waals surface area contributed by atoms with Gasteiger partial charge in [0, 0.05) is 105 Å². The molecule has 4 aromatic rings. The molecule has 4 heterocycles. The minimum atomic E-state index is -0.264. The molecule has 5 N–H and O–H groups in total. The van der Waals surface area contributed by atoms with E-state index in [0.29, 0.717) is 12.4 Å². The van der Waals surface area contributed by atoms with Crippen molar-refractivity contribution in [3.05, 3.63) is 87.1 Å². The van der Waals surface area contributed by atoms with Crippen LogP contribution in [0.4, 0.5) is 5.82 Å². The van der Waals surface area contributed by atoms with E-state index in [1.165, 1.54) is 4.88 Å². The Hall–Kier alpha value is -9.82. The predicted molar refractivity (Wildman–Crippen MR) is 277 cm³/mol. The number of hydrogen-bond donors (Lipinski definition) is 4. The fraction of sp³-hybridized carbons (Fsp3) is 0.140. The summed E-state index contributed by atoms with van der Waals surface area (Å²) in [6, 6.07) is 13.6. The molecule has 0 aliphatic carbocycles. The second kappa shape index (κ2) is 31.1. The Morgan fingerprint density at radius 2 is 1.45 bits per heavy atom. The van der Waals surface area contributed by atoms with Gasteiger partial charge in [0.15, 0.2) is 0 Å². The lowest BCUT2D eigenvalue weighted by molar-refractivity contribution is -0.744. The summed E-state index contributed by atoms with van der Waals surface area (Å²) in [4.78, 5) is 25.2. The molecule has 0 saturated carbocycles. The topological polar surface area (TPSA) is 192 Å². The largest absolute Gasteiger partial charge is 0.488 e. The lowest BCUT2D eigenvalue weighted by atomic mass is 10.1. The Morgan fingerprint density at radius 3 is 1.98 bits per heavy atom. The van der Waals surface area contributed by atoms with Gasteiger partial charge in [-0.3, -0.25) is 20.5 Å². The number of carbonyl (C=O) groups excluding carboxylic acids is 1. The van der Waals surface area contributed by atoms with Crippen LogP contribution in [0.3, 0.4) is 0 Å². The SMILES string of the molecule is C#CC#CC#CC#CC#CC#CC#CC#CC#CC#CC#CC#CC.Cc1cc(C(=O)NCc2ccc3c(N)nccc3c2)sc1CN1CC(Oc2ccncc2)C1.NN=NN=[N+]([O-])OS.[HH].[HH].[HH].[HH].[HH].[HH].[HH].[HH].[HH].[HH]. The van der Waals surface area contributed by atoms with Gasteiger partial charge in [-0.05, 0) is 155 Å². The molecule has 1 fully saturated rings. The van der Waals surface area contributed by atoms with Crippen LogP contribution in [0.5, 0.6) is 5.75 Å². The number of carbonyl (C=O) groups is 1. The van der Waals surface area contributed by atoms with Gasteiger partial charge in [-0.25, -0.2) is 4.98 Å². The van der Waals surface area contributed by atoms with Crippen molar-refractivity contribution < 1.29 is 33.1 Å². The van der Waals surface area contributed by atoms with E-state index in [1.54, 1.807) is 36.9 Å².